The molecular formula is C13H18N4O2. The Morgan fingerprint density at radius 1 is 1.47 bits per heavy atom. The van der Waals surface area contributed by atoms with Gasteiger partial charge in [0.25, 0.3) is 5.91 Å². The van der Waals surface area contributed by atoms with Gasteiger partial charge in [0.15, 0.2) is 0 Å². The Morgan fingerprint density at radius 2 is 2.21 bits per heavy atom. The van der Waals surface area contributed by atoms with E-state index in [1.165, 1.54) is 0 Å². The maximum atomic E-state index is 11.9. The highest BCUT2D eigenvalue weighted by molar-refractivity contribution is 5.97. The zero-order chi connectivity index (χ0) is 14.0. The van der Waals surface area contributed by atoms with E-state index in [4.69, 9.17) is 0 Å². The lowest BCUT2D eigenvalue weighted by Crippen LogP contribution is -2.34. The van der Waals surface area contributed by atoms with Gasteiger partial charge in [0, 0.05) is 19.2 Å². The van der Waals surface area contributed by atoms with Crippen LogP contribution in [0.4, 0.5) is 0 Å². The lowest BCUT2D eigenvalue weighted by atomic mass is 10.1. The summed E-state index contributed by atoms with van der Waals surface area (Å²) in [5.74, 6) is -0.102. The minimum absolute atomic E-state index is 0.114. The maximum Gasteiger partial charge on any atom is 0.251 e. The van der Waals surface area contributed by atoms with E-state index in [1.54, 1.807) is 23.9 Å². The molecule has 0 spiro atoms. The van der Waals surface area contributed by atoms with Crippen LogP contribution >= 0.6 is 0 Å². The molecule has 0 fully saturated rings. The predicted molar refractivity (Wildman–Crippen MR) is 71.7 cm³/mol. The van der Waals surface area contributed by atoms with Crippen LogP contribution in [0.25, 0.3) is 11.0 Å². The summed E-state index contributed by atoms with van der Waals surface area (Å²) >= 11 is 0. The van der Waals surface area contributed by atoms with E-state index in [0.29, 0.717) is 11.1 Å². The number of hydrogen-bond donors (Lipinski definition) is 2. The molecule has 1 aromatic carbocycles. The Hall–Kier alpha value is -1.95. The number of benzene rings is 1. The average Bonchev–Trinajstić information content (AvgIpc) is 2.76. The smallest absolute Gasteiger partial charge is 0.251 e. The van der Waals surface area contributed by atoms with Crippen molar-refractivity contribution in [2.75, 3.05) is 6.54 Å². The second kappa shape index (κ2) is 5.36. The topological polar surface area (TPSA) is 80.0 Å². The van der Waals surface area contributed by atoms with Crippen molar-refractivity contribution in [1.82, 2.24) is 20.3 Å². The van der Waals surface area contributed by atoms with Gasteiger partial charge in [-0.25, -0.2) is 4.68 Å². The summed E-state index contributed by atoms with van der Waals surface area (Å²) in [5.41, 5.74) is 2.07. The molecule has 1 aromatic heterocycles. The number of carbonyl (C=O) groups excluding carboxylic acids is 1. The molecule has 0 bridgehead atoms. The first-order valence-corrected chi connectivity index (χ1v) is 6.24. The highest BCUT2D eigenvalue weighted by Crippen LogP contribution is 2.12. The van der Waals surface area contributed by atoms with Gasteiger partial charge in [-0.05, 0) is 24.1 Å². The number of hydrogen-bond acceptors (Lipinski definition) is 4. The number of aliphatic hydroxyl groups excluding tert-OH is 1. The quantitative estimate of drug-likeness (QED) is 0.850. The van der Waals surface area contributed by atoms with Gasteiger partial charge in [0.05, 0.1) is 11.6 Å². The first-order valence-electron chi connectivity index (χ1n) is 6.24. The summed E-state index contributed by atoms with van der Waals surface area (Å²) in [6, 6.07) is 5.23. The van der Waals surface area contributed by atoms with E-state index >= 15 is 0 Å². The largest absolute Gasteiger partial charge is 0.391 e. The number of carbonyl (C=O) groups is 1. The van der Waals surface area contributed by atoms with Gasteiger partial charge in [0.2, 0.25) is 0 Å². The molecule has 1 heterocycles. The molecule has 0 aliphatic rings. The highest BCUT2D eigenvalue weighted by Gasteiger charge is 2.13. The highest BCUT2D eigenvalue weighted by atomic mass is 16.3. The standard InChI is InChI=1S/C13H18N4O2/c1-8(2)12(18)7-14-13(19)9-4-5-11-10(6-9)15-16-17(11)3/h4-6,8,12,18H,7H2,1-3H3,(H,14,19). The van der Waals surface area contributed by atoms with Crippen molar-refractivity contribution in [3.8, 4) is 0 Å². The number of nitrogens with zero attached hydrogens (tertiary/aromatic N) is 3. The summed E-state index contributed by atoms with van der Waals surface area (Å²) in [6.07, 6.45) is -0.538. The zero-order valence-electron chi connectivity index (χ0n) is 11.3. The van der Waals surface area contributed by atoms with Gasteiger partial charge in [-0.2, -0.15) is 0 Å². The number of aliphatic hydroxyl groups is 1. The number of amides is 1. The van der Waals surface area contributed by atoms with Gasteiger partial charge in [-0.15, -0.1) is 5.10 Å². The van der Waals surface area contributed by atoms with Crippen LogP contribution in [0, 0.1) is 5.92 Å². The number of aryl methyl sites for hydroxylation is 1. The third kappa shape index (κ3) is 2.90. The monoisotopic (exact) mass is 262 g/mol. The van der Waals surface area contributed by atoms with Crippen molar-refractivity contribution in [2.24, 2.45) is 13.0 Å². The van der Waals surface area contributed by atoms with Crippen molar-refractivity contribution in [2.45, 2.75) is 20.0 Å². The van der Waals surface area contributed by atoms with E-state index in [0.717, 1.165) is 5.52 Å². The summed E-state index contributed by atoms with van der Waals surface area (Å²) in [5, 5.41) is 20.2. The Kier molecular flexibility index (Phi) is 3.80. The molecule has 2 rings (SSSR count). The van der Waals surface area contributed by atoms with Crippen molar-refractivity contribution in [1.29, 1.82) is 0 Å². The second-order valence-electron chi connectivity index (χ2n) is 4.94. The number of nitrogens with one attached hydrogen (secondary N) is 1. The SMILES string of the molecule is CC(C)C(O)CNC(=O)c1ccc2c(c1)nnn2C. The van der Waals surface area contributed by atoms with Crippen LogP contribution in [0.3, 0.4) is 0 Å². The van der Waals surface area contributed by atoms with E-state index in [-0.39, 0.29) is 18.4 Å². The average molecular weight is 262 g/mol. The van der Waals surface area contributed by atoms with E-state index in [2.05, 4.69) is 15.6 Å². The molecule has 1 amide bonds. The molecule has 102 valence electrons. The van der Waals surface area contributed by atoms with Crippen LogP contribution in [-0.2, 0) is 7.05 Å². The van der Waals surface area contributed by atoms with Gasteiger partial charge in [-0.1, -0.05) is 19.1 Å². The molecule has 0 saturated heterocycles. The van der Waals surface area contributed by atoms with Gasteiger partial charge < -0.3 is 10.4 Å². The summed E-state index contributed by atoms with van der Waals surface area (Å²) in [4.78, 5) is 11.9. The van der Waals surface area contributed by atoms with Gasteiger partial charge in [-0.3, -0.25) is 4.79 Å². The normalized spacial score (nSPS) is 12.9. The van der Waals surface area contributed by atoms with Crippen molar-refractivity contribution in [3.05, 3.63) is 23.8 Å². The molecule has 1 unspecified atom stereocenters. The molecule has 19 heavy (non-hydrogen) atoms. The van der Waals surface area contributed by atoms with Crippen molar-refractivity contribution < 1.29 is 9.90 Å². The van der Waals surface area contributed by atoms with Gasteiger partial charge in [0.1, 0.15) is 5.52 Å². The number of rotatable bonds is 4. The molecule has 0 aliphatic heterocycles. The molecular weight excluding hydrogens is 244 g/mol. The fraction of sp³-hybridized carbons (Fsp3) is 0.462. The first kappa shape index (κ1) is 13.5. The van der Waals surface area contributed by atoms with Crippen LogP contribution in [-0.4, -0.2) is 38.7 Å². The third-order valence-electron chi connectivity index (χ3n) is 3.11. The molecule has 2 N–H and O–H groups in total. The second-order valence-corrected chi connectivity index (χ2v) is 4.94. The maximum absolute atomic E-state index is 11.9. The predicted octanol–water partition coefficient (Wildman–Crippen LogP) is 0.715. The van der Waals surface area contributed by atoms with Crippen LogP contribution in [0.1, 0.15) is 24.2 Å². The van der Waals surface area contributed by atoms with E-state index in [9.17, 15) is 9.90 Å². The number of aromatic nitrogens is 3. The van der Waals surface area contributed by atoms with Gasteiger partial charge >= 0.3 is 0 Å². The molecule has 0 radical (unpaired) electrons. The molecule has 0 saturated carbocycles. The van der Waals surface area contributed by atoms with Crippen LogP contribution in [0.2, 0.25) is 0 Å². The van der Waals surface area contributed by atoms with E-state index in [1.807, 2.05) is 19.9 Å². The molecule has 2 aromatic rings. The zero-order valence-corrected chi connectivity index (χ0v) is 11.3. The Balaban J connectivity index is 2.09. The van der Waals surface area contributed by atoms with Crippen LogP contribution in [0.15, 0.2) is 18.2 Å². The molecule has 6 heteroatoms. The Bertz CT molecular complexity index is 591. The van der Waals surface area contributed by atoms with E-state index < -0.39 is 6.10 Å². The number of fused-ring (bicyclic) bond motifs is 1. The first-order chi connectivity index (χ1) is 8.99. The lowest BCUT2D eigenvalue weighted by molar-refractivity contribution is 0.0871. The Labute approximate surface area is 111 Å². The minimum atomic E-state index is -0.538. The molecule has 6 nitrogen and oxygen atoms in total. The fourth-order valence-electron chi connectivity index (χ4n) is 1.72. The minimum Gasteiger partial charge on any atom is -0.391 e. The summed E-state index contributed by atoms with van der Waals surface area (Å²) < 4.78 is 1.65. The Morgan fingerprint density at radius 3 is 2.89 bits per heavy atom. The fourth-order valence-corrected chi connectivity index (χ4v) is 1.72. The van der Waals surface area contributed by atoms with Crippen molar-refractivity contribution in [3.63, 3.8) is 0 Å². The molecule has 0 aliphatic carbocycles. The third-order valence-corrected chi connectivity index (χ3v) is 3.11. The lowest BCUT2D eigenvalue weighted by Gasteiger charge is -2.14. The molecule has 1 atom stereocenters. The van der Waals surface area contributed by atoms with Crippen molar-refractivity contribution >= 4 is 16.9 Å². The van der Waals surface area contributed by atoms with Crippen LogP contribution in [0.5, 0.6) is 0 Å². The van der Waals surface area contributed by atoms with Crippen LogP contribution < -0.4 is 5.32 Å². The summed E-state index contributed by atoms with van der Waals surface area (Å²) in [6.45, 7) is 4.06. The summed E-state index contributed by atoms with van der Waals surface area (Å²) in [7, 11) is 1.80.